The zero-order chi connectivity index (χ0) is 10.1. The maximum absolute atomic E-state index is 10.9. The highest BCUT2D eigenvalue weighted by molar-refractivity contribution is 5.98. The van der Waals surface area contributed by atoms with Gasteiger partial charge in [0.25, 0.3) is 5.91 Å². The number of hydrogen-bond donors (Lipinski definition) is 2. The van der Waals surface area contributed by atoms with E-state index in [0.717, 1.165) is 16.7 Å². The highest BCUT2D eigenvalue weighted by Crippen LogP contribution is 2.25. The molecule has 1 aromatic carbocycles. The third-order valence-electron chi connectivity index (χ3n) is 2.11. The van der Waals surface area contributed by atoms with Crippen LogP contribution in [-0.4, -0.2) is 18.0 Å². The standard InChI is InChI=1S/C10H10N2O2/c1-14-9-4-2-3-7-6(9)5-8(12-7)10(11)13/h2-5,12H,1H3,(H2,11,13). The van der Waals surface area contributed by atoms with Crippen LogP contribution in [0.2, 0.25) is 0 Å². The Morgan fingerprint density at radius 2 is 2.29 bits per heavy atom. The Kier molecular flexibility index (Phi) is 1.89. The van der Waals surface area contributed by atoms with Crippen LogP contribution >= 0.6 is 0 Å². The number of benzene rings is 1. The number of methoxy groups -OCH3 is 1. The number of aromatic amines is 1. The summed E-state index contributed by atoms with van der Waals surface area (Å²) >= 11 is 0. The second-order valence-electron chi connectivity index (χ2n) is 2.97. The van der Waals surface area contributed by atoms with Crippen LogP contribution in [0.4, 0.5) is 0 Å². The van der Waals surface area contributed by atoms with Gasteiger partial charge < -0.3 is 15.5 Å². The Morgan fingerprint density at radius 3 is 2.93 bits per heavy atom. The summed E-state index contributed by atoms with van der Waals surface area (Å²) in [5.41, 5.74) is 6.40. The maximum atomic E-state index is 10.9. The zero-order valence-corrected chi connectivity index (χ0v) is 7.70. The molecule has 0 unspecified atom stereocenters. The fraction of sp³-hybridized carbons (Fsp3) is 0.100. The lowest BCUT2D eigenvalue weighted by Crippen LogP contribution is -2.10. The van der Waals surface area contributed by atoms with E-state index in [1.807, 2.05) is 18.2 Å². The zero-order valence-electron chi connectivity index (χ0n) is 7.70. The highest BCUT2D eigenvalue weighted by atomic mass is 16.5. The highest BCUT2D eigenvalue weighted by Gasteiger charge is 2.08. The van der Waals surface area contributed by atoms with Crippen molar-refractivity contribution < 1.29 is 9.53 Å². The minimum atomic E-state index is -0.469. The molecule has 0 radical (unpaired) electrons. The van der Waals surface area contributed by atoms with Crippen LogP contribution in [0.25, 0.3) is 10.9 Å². The summed E-state index contributed by atoms with van der Waals surface area (Å²) in [6, 6.07) is 7.24. The van der Waals surface area contributed by atoms with E-state index in [1.165, 1.54) is 0 Å². The van der Waals surface area contributed by atoms with Gasteiger partial charge in [0.05, 0.1) is 7.11 Å². The molecule has 0 atom stereocenters. The van der Waals surface area contributed by atoms with Gasteiger partial charge in [-0.2, -0.15) is 0 Å². The molecule has 3 N–H and O–H groups in total. The van der Waals surface area contributed by atoms with E-state index >= 15 is 0 Å². The molecule has 72 valence electrons. The lowest BCUT2D eigenvalue weighted by atomic mass is 10.2. The van der Waals surface area contributed by atoms with Gasteiger partial charge in [-0.3, -0.25) is 4.79 Å². The second-order valence-corrected chi connectivity index (χ2v) is 2.97. The number of H-pyrrole nitrogens is 1. The molecular weight excluding hydrogens is 180 g/mol. The first-order chi connectivity index (χ1) is 6.72. The first-order valence-electron chi connectivity index (χ1n) is 4.18. The lowest BCUT2D eigenvalue weighted by molar-refractivity contribution is 0.0996. The predicted octanol–water partition coefficient (Wildman–Crippen LogP) is 1.28. The molecule has 0 aliphatic heterocycles. The molecule has 0 fully saturated rings. The summed E-state index contributed by atoms with van der Waals surface area (Å²) in [5.74, 6) is 0.259. The van der Waals surface area contributed by atoms with E-state index in [-0.39, 0.29) is 0 Å². The Balaban J connectivity index is 2.70. The smallest absolute Gasteiger partial charge is 0.265 e. The van der Waals surface area contributed by atoms with Crippen LogP contribution in [0.5, 0.6) is 5.75 Å². The molecular formula is C10H10N2O2. The number of carbonyl (C=O) groups excluding carboxylic acids is 1. The Bertz CT molecular complexity index is 488. The van der Waals surface area contributed by atoms with E-state index in [4.69, 9.17) is 10.5 Å². The van der Waals surface area contributed by atoms with Crippen molar-refractivity contribution in [1.29, 1.82) is 0 Å². The van der Waals surface area contributed by atoms with Gasteiger partial charge in [-0.15, -0.1) is 0 Å². The molecule has 4 nitrogen and oxygen atoms in total. The number of hydrogen-bond acceptors (Lipinski definition) is 2. The van der Waals surface area contributed by atoms with Gasteiger partial charge in [0, 0.05) is 10.9 Å². The van der Waals surface area contributed by atoms with Crippen molar-refractivity contribution in [3.8, 4) is 5.75 Å². The van der Waals surface area contributed by atoms with Crippen molar-refractivity contribution in [2.24, 2.45) is 5.73 Å². The quantitative estimate of drug-likeness (QED) is 0.748. The molecule has 0 saturated heterocycles. The summed E-state index contributed by atoms with van der Waals surface area (Å²) in [6.07, 6.45) is 0. The summed E-state index contributed by atoms with van der Waals surface area (Å²) in [4.78, 5) is 13.8. The fourth-order valence-electron chi connectivity index (χ4n) is 1.44. The van der Waals surface area contributed by atoms with Crippen molar-refractivity contribution in [1.82, 2.24) is 4.98 Å². The van der Waals surface area contributed by atoms with E-state index in [0.29, 0.717) is 5.69 Å². The topological polar surface area (TPSA) is 68.1 Å². The van der Waals surface area contributed by atoms with Gasteiger partial charge in [0.2, 0.25) is 0 Å². The Labute approximate surface area is 80.7 Å². The minimum absolute atomic E-state index is 0.393. The number of nitrogens with one attached hydrogen (secondary N) is 1. The van der Waals surface area contributed by atoms with Crippen molar-refractivity contribution in [3.63, 3.8) is 0 Å². The molecule has 0 aliphatic rings. The fourth-order valence-corrected chi connectivity index (χ4v) is 1.44. The molecule has 1 amide bonds. The number of primary amides is 1. The molecule has 0 saturated carbocycles. The molecule has 14 heavy (non-hydrogen) atoms. The van der Waals surface area contributed by atoms with Gasteiger partial charge >= 0.3 is 0 Å². The first-order valence-corrected chi connectivity index (χ1v) is 4.18. The van der Waals surface area contributed by atoms with Crippen LogP contribution in [0, 0.1) is 0 Å². The molecule has 4 heteroatoms. The average molecular weight is 190 g/mol. The van der Waals surface area contributed by atoms with Crippen molar-refractivity contribution in [2.75, 3.05) is 7.11 Å². The van der Waals surface area contributed by atoms with Gasteiger partial charge in [-0.1, -0.05) is 6.07 Å². The van der Waals surface area contributed by atoms with Gasteiger partial charge in [-0.25, -0.2) is 0 Å². The van der Waals surface area contributed by atoms with E-state index in [1.54, 1.807) is 13.2 Å². The third-order valence-corrected chi connectivity index (χ3v) is 2.11. The first kappa shape index (κ1) is 8.62. The SMILES string of the molecule is COc1cccc2[nH]c(C(N)=O)cc12. The summed E-state index contributed by atoms with van der Waals surface area (Å²) in [5, 5.41) is 0.865. The molecule has 2 rings (SSSR count). The number of nitrogens with two attached hydrogens (primary N) is 1. The van der Waals surface area contributed by atoms with Crippen LogP contribution in [0.3, 0.4) is 0 Å². The Hall–Kier alpha value is -1.97. The summed E-state index contributed by atoms with van der Waals surface area (Å²) < 4.78 is 5.15. The van der Waals surface area contributed by atoms with Crippen LogP contribution in [0.15, 0.2) is 24.3 Å². The van der Waals surface area contributed by atoms with Crippen molar-refractivity contribution >= 4 is 16.8 Å². The molecule has 0 spiro atoms. The van der Waals surface area contributed by atoms with Gasteiger partial charge in [0.15, 0.2) is 0 Å². The lowest BCUT2D eigenvalue weighted by Gasteiger charge is -1.99. The number of fused-ring (bicyclic) bond motifs is 1. The van der Waals surface area contributed by atoms with Crippen LogP contribution in [0.1, 0.15) is 10.5 Å². The number of ether oxygens (including phenoxy) is 1. The van der Waals surface area contributed by atoms with E-state index in [2.05, 4.69) is 4.98 Å². The molecule has 0 aliphatic carbocycles. The number of amides is 1. The van der Waals surface area contributed by atoms with E-state index < -0.39 is 5.91 Å². The number of rotatable bonds is 2. The largest absolute Gasteiger partial charge is 0.496 e. The van der Waals surface area contributed by atoms with E-state index in [9.17, 15) is 4.79 Å². The predicted molar refractivity (Wildman–Crippen MR) is 53.4 cm³/mol. The monoisotopic (exact) mass is 190 g/mol. The Morgan fingerprint density at radius 1 is 1.50 bits per heavy atom. The molecule has 0 bridgehead atoms. The average Bonchev–Trinajstić information content (AvgIpc) is 2.60. The summed E-state index contributed by atoms with van der Waals surface area (Å²) in [7, 11) is 1.59. The van der Waals surface area contributed by atoms with Gasteiger partial charge in [-0.05, 0) is 18.2 Å². The number of aromatic nitrogens is 1. The number of carbonyl (C=O) groups is 1. The minimum Gasteiger partial charge on any atom is -0.496 e. The van der Waals surface area contributed by atoms with Gasteiger partial charge in [0.1, 0.15) is 11.4 Å². The molecule has 2 aromatic rings. The molecule has 1 aromatic heterocycles. The van der Waals surface area contributed by atoms with Crippen LogP contribution < -0.4 is 10.5 Å². The van der Waals surface area contributed by atoms with Crippen LogP contribution in [-0.2, 0) is 0 Å². The van der Waals surface area contributed by atoms with Crippen molar-refractivity contribution in [3.05, 3.63) is 30.0 Å². The molecule has 1 heterocycles. The second kappa shape index (κ2) is 3.06. The summed E-state index contributed by atoms with van der Waals surface area (Å²) in [6.45, 7) is 0. The maximum Gasteiger partial charge on any atom is 0.265 e. The van der Waals surface area contributed by atoms with Crippen molar-refractivity contribution in [2.45, 2.75) is 0 Å². The normalized spacial score (nSPS) is 10.4. The third kappa shape index (κ3) is 1.21.